The SMILES string of the molecule is CCC(=O)Nc1cc2c(cc1C)[C@H](c1ccc(F)c(OC)c1)CC(=O)N2. The van der Waals surface area contributed by atoms with Gasteiger partial charge in [-0.05, 0) is 41.8 Å². The van der Waals surface area contributed by atoms with Gasteiger partial charge in [-0.2, -0.15) is 0 Å². The van der Waals surface area contributed by atoms with Gasteiger partial charge >= 0.3 is 0 Å². The maximum absolute atomic E-state index is 13.7. The van der Waals surface area contributed by atoms with Crippen LogP contribution in [0.15, 0.2) is 30.3 Å². The topological polar surface area (TPSA) is 67.4 Å². The van der Waals surface area contributed by atoms with Crippen molar-refractivity contribution in [3.8, 4) is 5.75 Å². The lowest BCUT2D eigenvalue weighted by Gasteiger charge is -2.28. The van der Waals surface area contributed by atoms with Gasteiger partial charge in [0.2, 0.25) is 11.8 Å². The van der Waals surface area contributed by atoms with Crippen LogP contribution in [-0.2, 0) is 9.59 Å². The lowest BCUT2D eigenvalue weighted by molar-refractivity contribution is -0.117. The number of halogens is 1. The van der Waals surface area contributed by atoms with Crippen molar-refractivity contribution in [1.29, 1.82) is 0 Å². The molecule has 2 aromatic rings. The number of aryl methyl sites for hydroxylation is 1. The van der Waals surface area contributed by atoms with E-state index < -0.39 is 5.82 Å². The van der Waals surface area contributed by atoms with Gasteiger partial charge in [0.25, 0.3) is 0 Å². The molecule has 1 atom stereocenters. The smallest absolute Gasteiger partial charge is 0.225 e. The highest BCUT2D eigenvalue weighted by Crippen LogP contribution is 2.40. The Bertz CT molecular complexity index is 880. The van der Waals surface area contributed by atoms with Crippen molar-refractivity contribution in [2.75, 3.05) is 17.7 Å². The normalized spacial score (nSPS) is 15.8. The van der Waals surface area contributed by atoms with Crippen molar-refractivity contribution in [2.45, 2.75) is 32.6 Å². The number of ether oxygens (including phenoxy) is 1. The van der Waals surface area contributed by atoms with E-state index in [2.05, 4.69) is 10.6 Å². The highest BCUT2D eigenvalue weighted by atomic mass is 19.1. The van der Waals surface area contributed by atoms with Gasteiger partial charge in [-0.3, -0.25) is 9.59 Å². The second kappa shape index (κ2) is 7.15. The fraction of sp³-hybridized carbons (Fsp3) is 0.300. The van der Waals surface area contributed by atoms with E-state index in [-0.39, 0.29) is 29.9 Å². The summed E-state index contributed by atoms with van der Waals surface area (Å²) in [4.78, 5) is 23.9. The molecular weight excluding hydrogens is 335 g/mol. The first-order chi connectivity index (χ1) is 12.4. The molecule has 0 fully saturated rings. The van der Waals surface area contributed by atoms with Crippen LogP contribution in [-0.4, -0.2) is 18.9 Å². The number of carbonyl (C=O) groups is 2. The quantitative estimate of drug-likeness (QED) is 0.871. The molecule has 0 unspecified atom stereocenters. The minimum Gasteiger partial charge on any atom is -0.494 e. The van der Waals surface area contributed by atoms with Crippen molar-refractivity contribution in [2.24, 2.45) is 0 Å². The summed E-state index contributed by atoms with van der Waals surface area (Å²) in [6, 6.07) is 8.39. The zero-order chi connectivity index (χ0) is 18.8. The van der Waals surface area contributed by atoms with E-state index in [1.54, 1.807) is 25.1 Å². The van der Waals surface area contributed by atoms with Crippen LogP contribution in [0.3, 0.4) is 0 Å². The minimum absolute atomic E-state index is 0.0880. The van der Waals surface area contributed by atoms with Gasteiger partial charge in [-0.1, -0.05) is 19.1 Å². The van der Waals surface area contributed by atoms with Crippen LogP contribution in [0.25, 0.3) is 0 Å². The highest BCUT2D eigenvalue weighted by Gasteiger charge is 2.28. The molecule has 0 spiro atoms. The monoisotopic (exact) mass is 356 g/mol. The number of hydrogen-bond acceptors (Lipinski definition) is 3. The zero-order valence-corrected chi connectivity index (χ0v) is 15.0. The van der Waals surface area contributed by atoms with E-state index in [1.165, 1.54) is 13.2 Å². The lowest BCUT2D eigenvalue weighted by Crippen LogP contribution is -2.24. The predicted octanol–water partition coefficient (Wildman–Crippen LogP) is 3.97. The van der Waals surface area contributed by atoms with Gasteiger partial charge in [-0.25, -0.2) is 4.39 Å². The van der Waals surface area contributed by atoms with Crippen LogP contribution in [0.5, 0.6) is 5.75 Å². The Balaban J connectivity index is 2.05. The molecule has 1 aliphatic heterocycles. The van der Waals surface area contributed by atoms with E-state index in [1.807, 2.05) is 13.0 Å². The molecule has 26 heavy (non-hydrogen) atoms. The molecule has 136 valence electrons. The molecule has 0 saturated heterocycles. The van der Waals surface area contributed by atoms with Gasteiger partial charge < -0.3 is 15.4 Å². The number of fused-ring (bicyclic) bond motifs is 1. The maximum atomic E-state index is 13.7. The Morgan fingerprint density at radius 3 is 2.81 bits per heavy atom. The fourth-order valence-electron chi connectivity index (χ4n) is 3.19. The Morgan fingerprint density at radius 2 is 2.12 bits per heavy atom. The summed E-state index contributed by atoms with van der Waals surface area (Å²) < 4.78 is 18.8. The molecule has 0 bridgehead atoms. The molecule has 0 aromatic heterocycles. The summed E-state index contributed by atoms with van der Waals surface area (Å²) in [7, 11) is 1.41. The fourth-order valence-corrected chi connectivity index (χ4v) is 3.19. The van der Waals surface area contributed by atoms with Gasteiger partial charge in [-0.15, -0.1) is 0 Å². The van der Waals surface area contributed by atoms with E-state index >= 15 is 0 Å². The third-order valence-electron chi connectivity index (χ3n) is 4.61. The lowest BCUT2D eigenvalue weighted by atomic mass is 9.83. The molecule has 1 aliphatic rings. The Kier molecular flexibility index (Phi) is 4.93. The van der Waals surface area contributed by atoms with Crippen LogP contribution < -0.4 is 15.4 Å². The first-order valence-electron chi connectivity index (χ1n) is 8.50. The highest BCUT2D eigenvalue weighted by molar-refractivity contribution is 5.98. The zero-order valence-electron chi connectivity index (χ0n) is 15.0. The molecule has 6 heteroatoms. The summed E-state index contributed by atoms with van der Waals surface area (Å²) in [5.74, 6) is -0.704. The number of carbonyl (C=O) groups excluding carboxylic acids is 2. The third-order valence-corrected chi connectivity index (χ3v) is 4.61. The average molecular weight is 356 g/mol. The van der Waals surface area contributed by atoms with Crippen LogP contribution in [0.2, 0.25) is 0 Å². The number of benzene rings is 2. The minimum atomic E-state index is -0.439. The molecule has 0 radical (unpaired) electrons. The first-order valence-corrected chi connectivity index (χ1v) is 8.50. The Labute approximate surface area is 151 Å². The number of methoxy groups -OCH3 is 1. The van der Waals surface area contributed by atoms with Gasteiger partial charge in [0.05, 0.1) is 7.11 Å². The van der Waals surface area contributed by atoms with Gasteiger partial charge in [0, 0.05) is 30.1 Å². The first kappa shape index (κ1) is 17.9. The van der Waals surface area contributed by atoms with Gasteiger partial charge in [0.1, 0.15) is 0 Å². The molecule has 5 nitrogen and oxygen atoms in total. The second-order valence-corrected chi connectivity index (χ2v) is 6.35. The molecule has 1 heterocycles. The molecule has 0 saturated carbocycles. The molecule has 2 N–H and O–H groups in total. The third kappa shape index (κ3) is 3.40. The van der Waals surface area contributed by atoms with E-state index in [0.29, 0.717) is 17.8 Å². The largest absolute Gasteiger partial charge is 0.494 e. The van der Waals surface area contributed by atoms with Crippen molar-refractivity contribution < 1.29 is 18.7 Å². The summed E-state index contributed by atoms with van der Waals surface area (Å²) in [6.45, 7) is 3.69. The predicted molar refractivity (Wildman–Crippen MR) is 98.1 cm³/mol. The molecule has 2 aromatic carbocycles. The Hall–Kier alpha value is -2.89. The molecule has 2 amide bonds. The van der Waals surface area contributed by atoms with E-state index in [0.717, 1.165) is 16.7 Å². The maximum Gasteiger partial charge on any atom is 0.225 e. The summed E-state index contributed by atoms with van der Waals surface area (Å²) in [5, 5.41) is 5.71. The summed E-state index contributed by atoms with van der Waals surface area (Å²) in [6.07, 6.45) is 0.642. The number of hydrogen-bond donors (Lipinski definition) is 2. The number of anilines is 2. The second-order valence-electron chi connectivity index (χ2n) is 6.35. The standard InChI is InChI=1S/C20H21FN2O3/c1-4-19(24)22-16-10-17-14(7-11(16)2)13(9-20(25)23-17)12-5-6-15(21)18(8-12)26-3/h5-8,10,13H,4,9H2,1-3H3,(H,22,24)(H,23,25)/t13-/m0/s1. The van der Waals surface area contributed by atoms with Crippen LogP contribution in [0.4, 0.5) is 15.8 Å². The van der Waals surface area contributed by atoms with Crippen molar-refractivity contribution in [3.63, 3.8) is 0 Å². The average Bonchev–Trinajstić information content (AvgIpc) is 2.62. The van der Waals surface area contributed by atoms with Crippen molar-refractivity contribution >= 4 is 23.2 Å². The van der Waals surface area contributed by atoms with Gasteiger partial charge in [0.15, 0.2) is 11.6 Å². The number of amides is 2. The van der Waals surface area contributed by atoms with Crippen LogP contribution in [0, 0.1) is 12.7 Å². The van der Waals surface area contributed by atoms with Crippen molar-refractivity contribution in [3.05, 3.63) is 52.8 Å². The van der Waals surface area contributed by atoms with E-state index in [9.17, 15) is 14.0 Å². The number of rotatable bonds is 4. The molecule has 3 rings (SSSR count). The van der Waals surface area contributed by atoms with Crippen molar-refractivity contribution in [1.82, 2.24) is 0 Å². The molecule has 0 aliphatic carbocycles. The summed E-state index contributed by atoms with van der Waals surface area (Å²) in [5.41, 5.74) is 3.98. The van der Waals surface area contributed by atoms with Crippen LogP contribution in [0.1, 0.15) is 42.4 Å². The Morgan fingerprint density at radius 1 is 1.35 bits per heavy atom. The summed E-state index contributed by atoms with van der Waals surface area (Å²) >= 11 is 0. The number of nitrogens with one attached hydrogen (secondary N) is 2. The molecular formula is C20H21FN2O3. The van der Waals surface area contributed by atoms with Crippen LogP contribution >= 0.6 is 0 Å². The van der Waals surface area contributed by atoms with E-state index in [4.69, 9.17) is 4.74 Å².